The molecule has 40 heavy (non-hydrogen) atoms. The van der Waals surface area contributed by atoms with Crippen molar-refractivity contribution in [3.8, 4) is 22.8 Å². The first kappa shape index (κ1) is 23.9. The van der Waals surface area contributed by atoms with E-state index in [1.165, 1.54) is 6.33 Å². The molecule has 2 aromatic carbocycles. The summed E-state index contributed by atoms with van der Waals surface area (Å²) in [6.07, 6.45) is 5.56. The van der Waals surface area contributed by atoms with Crippen LogP contribution in [0.2, 0.25) is 0 Å². The van der Waals surface area contributed by atoms with Gasteiger partial charge in [-0.15, -0.1) is 0 Å². The monoisotopic (exact) mass is 534 g/mol. The summed E-state index contributed by atoms with van der Waals surface area (Å²) < 4.78 is 11.0. The highest BCUT2D eigenvalue weighted by molar-refractivity contribution is 5.99. The second-order valence-corrected chi connectivity index (χ2v) is 10.6. The summed E-state index contributed by atoms with van der Waals surface area (Å²) in [4.78, 5) is 27.5. The second-order valence-electron chi connectivity index (χ2n) is 10.6. The minimum absolute atomic E-state index is 0.0729. The average Bonchev–Trinajstić information content (AvgIpc) is 3.63. The number of aromatic hydroxyl groups is 1. The Labute approximate surface area is 228 Å². The molecule has 5 heterocycles. The van der Waals surface area contributed by atoms with Gasteiger partial charge in [-0.25, -0.2) is 19.6 Å². The van der Waals surface area contributed by atoms with Crippen LogP contribution in [0.3, 0.4) is 0 Å². The maximum atomic E-state index is 13.8. The number of rotatable bonds is 4. The van der Waals surface area contributed by atoms with E-state index in [0.717, 1.165) is 16.7 Å². The zero-order valence-corrected chi connectivity index (χ0v) is 22.2. The number of phenolic OH excluding ortho intramolecular Hbond substituents is 1. The van der Waals surface area contributed by atoms with Gasteiger partial charge in [-0.05, 0) is 56.7 Å². The van der Waals surface area contributed by atoms with Crippen LogP contribution in [0.5, 0.6) is 11.5 Å². The summed E-state index contributed by atoms with van der Waals surface area (Å²) in [5, 5.41) is 16.6. The number of hydrogen-bond donors (Lipinski definition) is 2. The minimum atomic E-state index is -0.490. The van der Waals surface area contributed by atoms with Gasteiger partial charge in [0, 0.05) is 29.9 Å². The van der Waals surface area contributed by atoms with Crippen LogP contribution in [0, 0.1) is 6.92 Å². The fourth-order valence-electron chi connectivity index (χ4n) is 5.56. The number of benzene rings is 2. The molecular formula is C29H26N8O3. The van der Waals surface area contributed by atoms with Crippen LogP contribution in [0.1, 0.15) is 30.8 Å². The van der Waals surface area contributed by atoms with E-state index < -0.39 is 5.60 Å². The van der Waals surface area contributed by atoms with Crippen LogP contribution in [-0.2, 0) is 13.0 Å². The number of nitrogens with two attached hydrogens (primary N) is 1. The van der Waals surface area contributed by atoms with Gasteiger partial charge in [0.15, 0.2) is 23.0 Å². The summed E-state index contributed by atoms with van der Waals surface area (Å²) in [6.45, 7) is 5.97. The first-order valence-corrected chi connectivity index (χ1v) is 12.9. The van der Waals surface area contributed by atoms with Gasteiger partial charge >= 0.3 is 0 Å². The molecule has 0 saturated carbocycles. The Morgan fingerprint density at radius 3 is 2.67 bits per heavy atom. The fraction of sp³-hybridized carbons (Fsp3) is 0.207. The lowest BCUT2D eigenvalue weighted by molar-refractivity contribution is 0.134. The number of ether oxygens (including phenoxy) is 1. The Kier molecular flexibility index (Phi) is 5.02. The van der Waals surface area contributed by atoms with E-state index in [1.807, 2.05) is 57.2 Å². The van der Waals surface area contributed by atoms with Gasteiger partial charge < -0.3 is 15.6 Å². The van der Waals surface area contributed by atoms with Crippen molar-refractivity contribution in [2.45, 2.75) is 39.3 Å². The lowest BCUT2D eigenvalue weighted by Crippen LogP contribution is -2.31. The average molecular weight is 535 g/mol. The molecule has 0 atom stereocenters. The lowest BCUT2D eigenvalue weighted by Gasteiger charge is -2.16. The molecular weight excluding hydrogens is 508 g/mol. The zero-order valence-electron chi connectivity index (χ0n) is 22.2. The maximum absolute atomic E-state index is 13.8. The van der Waals surface area contributed by atoms with E-state index in [2.05, 4.69) is 9.97 Å². The van der Waals surface area contributed by atoms with Crippen molar-refractivity contribution in [3.63, 3.8) is 0 Å². The Morgan fingerprint density at radius 1 is 1.07 bits per heavy atom. The number of nitrogen functional groups attached to an aromatic ring is 1. The van der Waals surface area contributed by atoms with Gasteiger partial charge in [0.1, 0.15) is 30.0 Å². The molecule has 0 aliphatic carbocycles. The quantitative estimate of drug-likeness (QED) is 0.349. The predicted octanol–water partition coefficient (Wildman–Crippen LogP) is 3.67. The number of nitrogens with zero attached hydrogens (tertiary/aromatic N) is 7. The molecule has 0 spiro atoms. The number of aromatic nitrogens is 7. The molecule has 6 aromatic rings. The molecule has 0 radical (unpaired) electrons. The number of hydrogen-bond acceptors (Lipinski definition) is 8. The van der Waals surface area contributed by atoms with Gasteiger partial charge in [0.2, 0.25) is 0 Å². The molecule has 0 unspecified atom stereocenters. The topological polar surface area (TPSA) is 139 Å². The van der Waals surface area contributed by atoms with E-state index in [-0.39, 0.29) is 23.7 Å². The number of fused-ring (bicyclic) bond motifs is 3. The first-order chi connectivity index (χ1) is 19.2. The van der Waals surface area contributed by atoms with E-state index in [1.54, 1.807) is 32.5 Å². The largest absolute Gasteiger partial charge is 0.504 e. The number of anilines is 1. The Bertz CT molecular complexity index is 2020. The van der Waals surface area contributed by atoms with E-state index in [9.17, 15) is 9.90 Å². The van der Waals surface area contributed by atoms with Gasteiger partial charge in [0.25, 0.3) is 5.56 Å². The van der Waals surface area contributed by atoms with Crippen LogP contribution in [0.4, 0.5) is 5.82 Å². The van der Waals surface area contributed by atoms with E-state index >= 15 is 0 Å². The molecule has 7 rings (SSSR count). The van der Waals surface area contributed by atoms with E-state index in [0.29, 0.717) is 45.6 Å². The molecule has 0 saturated heterocycles. The van der Waals surface area contributed by atoms with Crippen molar-refractivity contribution in [1.29, 1.82) is 0 Å². The lowest BCUT2D eigenvalue weighted by atomic mass is 9.95. The molecule has 1 aliphatic heterocycles. The van der Waals surface area contributed by atoms with Crippen LogP contribution in [-0.4, -0.2) is 44.8 Å². The zero-order chi connectivity index (χ0) is 27.8. The fourth-order valence-corrected chi connectivity index (χ4v) is 5.56. The van der Waals surface area contributed by atoms with Crippen molar-refractivity contribution in [2.75, 3.05) is 5.73 Å². The second kappa shape index (κ2) is 8.40. The molecule has 3 N–H and O–H groups in total. The normalized spacial score (nSPS) is 14.1. The number of aryl methyl sites for hydroxylation is 1. The van der Waals surface area contributed by atoms with Crippen LogP contribution in [0.15, 0.2) is 66.0 Å². The summed E-state index contributed by atoms with van der Waals surface area (Å²) in [7, 11) is 0. The van der Waals surface area contributed by atoms with Crippen LogP contribution >= 0.6 is 0 Å². The van der Waals surface area contributed by atoms with Crippen molar-refractivity contribution in [2.24, 2.45) is 0 Å². The van der Waals surface area contributed by atoms with Gasteiger partial charge in [0.05, 0.1) is 16.3 Å². The standard InChI is InChI=1S/C29H26N8O3/c1-16-7-6-8-19-22(16)28(39)37(35-11-4-5-12-35)21(33-19)14-36-27-23(26(30)31-15-32-27)24(34-36)17-9-10-20(38)25-18(17)13-29(2,3)40-25/h4-12,15,38H,13-14H2,1-3H3,(H2,30,31,32). The van der Waals surface area contributed by atoms with Gasteiger partial charge in [-0.1, -0.05) is 12.1 Å². The van der Waals surface area contributed by atoms with Crippen molar-refractivity contribution < 1.29 is 9.84 Å². The van der Waals surface area contributed by atoms with Crippen LogP contribution in [0.25, 0.3) is 33.2 Å². The highest BCUT2D eigenvalue weighted by Gasteiger charge is 2.35. The van der Waals surface area contributed by atoms with E-state index in [4.69, 9.17) is 20.6 Å². The first-order valence-electron chi connectivity index (χ1n) is 12.9. The third-order valence-electron chi connectivity index (χ3n) is 7.30. The third-order valence-corrected chi connectivity index (χ3v) is 7.30. The molecule has 11 heteroatoms. The SMILES string of the molecule is Cc1cccc2nc(Cn3nc(-c4ccc(O)c5c4CC(C)(C)O5)c4c(N)ncnc43)n(-n3cccc3)c(=O)c12. The Hall–Kier alpha value is -5.19. The third kappa shape index (κ3) is 3.54. The maximum Gasteiger partial charge on any atom is 0.281 e. The molecule has 11 nitrogen and oxygen atoms in total. The summed E-state index contributed by atoms with van der Waals surface area (Å²) >= 11 is 0. The number of phenols is 1. The van der Waals surface area contributed by atoms with Crippen molar-refractivity contribution in [3.05, 3.63) is 88.5 Å². The Balaban J connectivity index is 1.46. The minimum Gasteiger partial charge on any atom is -0.504 e. The predicted molar refractivity (Wildman–Crippen MR) is 150 cm³/mol. The summed E-state index contributed by atoms with van der Waals surface area (Å²) in [6, 6.07) is 12.7. The van der Waals surface area contributed by atoms with Gasteiger partial charge in [-0.2, -0.15) is 9.77 Å². The smallest absolute Gasteiger partial charge is 0.281 e. The van der Waals surface area contributed by atoms with Gasteiger partial charge in [-0.3, -0.25) is 9.47 Å². The molecule has 0 amide bonds. The van der Waals surface area contributed by atoms with Crippen molar-refractivity contribution in [1.82, 2.24) is 34.1 Å². The molecule has 4 aromatic heterocycles. The molecule has 200 valence electrons. The highest BCUT2D eigenvalue weighted by Crippen LogP contribution is 2.47. The molecule has 1 aliphatic rings. The highest BCUT2D eigenvalue weighted by atomic mass is 16.5. The Morgan fingerprint density at radius 2 is 1.88 bits per heavy atom. The summed E-state index contributed by atoms with van der Waals surface area (Å²) in [5.74, 6) is 1.25. The molecule has 0 bridgehead atoms. The van der Waals surface area contributed by atoms with Crippen molar-refractivity contribution >= 4 is 27.8 Å². The van der Waals surface area contributed by atoms with Crippen LogP contribution < -0.4 is 16.0 Å². The summed E-state index contributed by atoms with van der Waals surface area (Å²) in [5.41, 5.74) is 9.84. The molecule has 0 fully saturated rings.